The van der Waals surface area contributed by atoms with Gasteiger partial charge < -0.3 is 0 Å². The van der Waals surface area contributed by atoms with Gasteiger partial charge >= 0.3 is 5.69 Å². The fraction of sp³-hybridized carbons (Fsp3) is 0.154. The van der Waals surface area contributed by atoms with Gasteiger partial charge in [-0.05, 0) is 25.1 Å². The van der Waals surface area contributed by atoms with E-state index in [9.17, 15) is 4.79 Å². The van der Waals surface area contributed by atoms with Gasteiger partial charge in [0.15, 0.2) is 5.82 Å². The van der Waals surface area contributed by atoms with Crippen LogP contribution in [0.15, 0.2) is 41.6 Å². The Morgan fingerprint density at radius 1 is 1.26 bits per heavy atom. The molecule has 1 aromatic carbocycles. The smallest absolute Gasteiger partial charge is 0.292 e. The number of halogens is 1. The first kappa shape index (κ1) is 11.9. The maximum absolute atomic E-state index is 12.4. The van der Waals surface area contributed by atoms with Crippen LogP contribution in [-0.2, 0) is 6.54 Å². The second-order valence-electron chi connectivity index (χ2n) is 4.06. The predicted molar refractivity (Wildman–Crippen MR) is 73.8 cm³/mol. The van der Waals surface area contributed by atoms with Gasteiger partial charge in [-0.15, -0.1) is 0 Å². The molecule has 0 aliphatic rings. The van der Waals surface area contributed by atoms with E-state index in [0.717, 1.165) is 11.0 Å². The van der Waals surface area contributed by atoms with Crippen molar-refractivity contribution in [2.45, 2.75) is 13.5 Å². The van der Waals surface area contributed by atoms with E-state index in [1.54, 1.807) is 35.3 Å². The molecule has 0 unspecified atom stereocenters. The van der Waals surface area contributed by atoms with E-state index in [0.29, 0.717) is 17.4 Å². The van der Waals surface area contributed by atoms with Gasteiger partial charge in [0.25, 0.3) is 0 Å². The molecular weight excluding hydrogens is 264 g/mol. The first-order chi connectivity index (χ1) is 9.22. The molecule has 96 valence electrons. The summed E-state index contributed by atoms with van der Waals surface area (Å²) < 4.78 is 3.21. The average Bonchev–Trinajstić information content (AvgIpc) is 2.70. The highest BCUT2D eigenvalue weighted by molar-refractivity contribution is 6.31. The summed E-state index contributed by atoms with van der Waals surface area (Å²) in [5.41, 5.74) is 1.43. The van der Waals surface area contributed by atoms with E-state index < -0.39 is 0 Å². The third-order valence-electron chi connectivity index (χ3n) is 2.99. The SMILES string of the molecule is CCn1c(=O)n(-c2cnccn2)c2cc(Cl)ccc21. The number of fused-ring (bicyclic) bond motifs is 1. The minimum atomic E-state index is -0.139. The van der Waals surface area contributed by atoms with Gasteiger partial charge in [-0.2, -0.15) is 0 Å². The Bertz CT molecular complexity index is 792. The Balaban J connectivity index is 2.45. The molecule has 0 aliphatic carbocycles. The van der Waals surface area contributed by atoms with Gasteiger partial charge in [-0.25, -0.2) is 14.3 Å². The highest BCUT2D eigenvalue weighted by atomic mass is 35.5. The van der Waals surface area contributed by atoms with Crippen LogP contribution in [0.5, 0.6) is 0 Å². The number of hydrogen-bond acceptors (Lipinski definition) is 3. The minimum absolute atomic E-state index is 0.139. The Labute approximate surface area is 114 Å². The van der Waals surface area contributed by atoms with Crippen molar-refractivity contribution in [3.8, 4) is 5.82 Å². The van der Waals surface area contributed by atoms with Crippen LogP contribution in [0.2, 0.25) is 5.02 Å². The first-order valence-electron chi connectivity index (χ1n) is 5.89. The lowest BCUT2D eigenvalue weighted by Crippen LogP contribution is -2.23. The summed E-state index contributed by atoms with van der Waals surface area (Å²) in [6, 6.07) is 5.38. The normalized spacial score (nSPS) is 11.1. The summed E-state index contributed by atoms with van der Waals surface area (Å²) >= 11 is 6.02. The zero-order chi connectivity index (χ0) is 13.4. The van der Waals surface area contributed by atoms with Crippen LogP contribution < -0.4 is 5.69 Å². The number of nitrogens with zero attached hydrogens (tertiary/aromatic N) is 4. The second kappa shape index (κ2) is 4.51. The van der Waals surface area contributed by atoms with Crippen molar-refractivity contribution in [1.29, 1.82) is 0 Å². The molecule has 0 saturated carbocycles. The maximum Gasteiger partial charge on any atom is 0.334 e. The third-order valence-corrected chi connectivity index (χ3v) is 3.22. The van der Waals surface area contributed by atoms with E-state index >= 15 is 0 Å². The quantitative estimate of drug-likeness (QED) is 0.720. The summed E-state index contributed by atoms with van der Waals surface area (Å²) in [5.74, 6) is 0.493. The van der Waals surface area contributed by atoms with Crippen LogP contribution >= 0.6 is 11.6 Å². The van der Waals surface area contributed by atoms with Crippen molar-refractivity contribution in [3.63, 3.8) is 0 Å². The van der Waals surface area contributed by atoms with E-state index in [4.69, 9.17) is 11.6 Å². The largest absolute Gasteiger partial charge is 0.334 e. The zero-order valence-corrected chi connectivity index (χ0v) is 11.0. The van der Waals surface area contributed by atoms with Gasteiger partial charge in [0.05, 0.1) is 17.2 Å². The van der Waals surface area contributed by atoms with Crippen LogP contribution in [0.1, 0.15) is 6.92 Å². The molecule has 2 heterocycles. The van der Waals surface area contributed by atoms with Crippen LogP contribution in [0, 0.1) is 0 Å². The molecule has 0 atom stereocenters. The lowest BCUT2D eigenvalue weighted by molar-refractivity contribution is 0.729. The van der Waals surface area contributed by atoms with Gasteiger partial charge in [-0.1, -0.05) is 11.6 Å². The van der Waals surface area contributed by atoms with Crippen LogP contribution in [0.25, 0.3) is 16.9 Å². The molecule has 5 nitrogen and oxygen atoms in total. The summed E-state index contributed by atoms with van der Waals surface area (Å²) in [6.07, 6.45) is 4.68. The molecule has 0 fully saturated rings. The van der Waals surface area contributed by atoms with Crippen molar-refractivity contribution in [2.24, 2.45) is 0 Å². The lowest BCUT2D eigenvalue weighted by atomic mass is 10.3. The first-order valence-corrected chi connectivity index (χ1v) is 6.27. The second-order valence-corrected chi connectivity index (χ2v) is 4.50. The summed E-state index contributed by atoms with van der Waals surface area (Å²) in [4.78, 5) is 20.6. The monoisotopic (exact) mass is 274 g/mol. The number of hydrogen-bond donors (Lipinski definition) is 0. The van der Waals surface area contributed by atoms with Gasteiger partial charge in [-0.3, -0.25) is 9.55 Å². The van der Waals surface area contributed by atoms with Crippen molar-refractivity contribution in [2.75, 3.05) is 0 Å². The topological polar surface area (TPSA) is 52.7 Å². The number of imidazole rings is 1. The van der Waals surface area contributed by atoms with E-state index in [1.807, 2.05) is 13.0 Å². The molecule has 2 aromatic heterocycles. The van der Waals surface area contributed by atoms with E-state index in [1.165, 1.54) is 4.57 Å². The van der Waals surface area contributed by atoms with Gasteiger partial charge in [0, 0.05) is 24.0 Å². The molecule has 0 saturated heterocycles. The molecule has 19 heavy (non-hydrogen) atoms. The molecule has 0 bridgehead atoms. The van der Waals surface area contributed by atoms with Gasteiger partial charge in [0.2, 0.25) is 0 Å². The van der Waals surface area contributed by atoms with Crippen LogP contribution in [-0.4, -0.2) is 19.1 Å². The standard InChI is InChI=1S/C13H11ClN4O/c1-2-17-10-4-3-9(14)7-11(10)18(13(17)19)12-8-15-5-6-16-12/h3-8H,2H2,1H3. The molecule has 6 heteroatoms. The van der Waals surface area contributed by atoms with Crippen molar-refractivity contribution < 1.29 is 0 Å². The number of benzene rings is 1. The summed E-state index contributed by atoms with van der Waals surface area (Å²) in [5, 5.41) is 0.582. The fourth-order valence-corrected chi connectivity index (χ4v) is 2.33. The molecule has 0 amide bonds. The van der Waals surface area contributed by atoms with Crippen molar-refractivity contribution in [3.05, 3.63) is 52.3 Å². The molecular formula is C13H11ClN4O. The van der Waals surface area contributed by atoms with E-state index in [2.05, 4.69) is 9.97 Å². The molecule has 3 aromatic rings. The average molecular weight is 275 g/mol. The third kappa shape index (κ3) is 1.82. The highest BCUT2D eigenvalue weighted by Gasteiger charge is 2.14. The zero-order valence-electron chi connectivity index (χ0n) is 10.2. The number of aryl methyl sites for hydroxylation is 1. The Kier molecular flexibility index (Phi) is 2.83. The molecule has 0 spiro atoms. The van der Waals surface area contributed by atoms with E-state index in [-0.39, 0.29) is 5.69 Å². The predicted octanol–water partition coefficient (Wildman–Crippen LogP) is 2.26. The van der Waals surface area contributed by atoms with Gasteiger partial charge in [0.1, 0.15) is 0 Å². The Hall–Kier alpha value is -2.14. The van der Waals surface area contributed by atoms with Crippen molar-refractivity contribution >= 4 is 22.6 Å². The molecule has 0 radical (unpaired) electrons. The van der Waals surface area contributed by atoms with Crippen LogP contribution in [0.4, 0.5) is 0 Å². The lowest BCUT2D eigenvalue weighted by Gasteiger charge is -2.00. The fourth-order valence-electron chi connectivity index (χ4n) is 2.16. The minimum Gasteiger partial charge on any atom is -0.292 e. The molecule has 0 aliphatic heterocycles. The molecule has 3 rings (SSSR count). The Morgan fingerprint density at radius 2 is 2.11 bits per heavy atom. The van der Waals surface area contributed by atoms with Crippen LogP contribution in [0.3, 0.4) is 0 Å². The van der Waals surface area contributed by atoms with Crippen molar-refractivity contribution in [1.82, 2.24) is 19.1 Å². The Morgan fingerprint density at radius 3 is 2.79 bits per heavy atom. The highest BCUT2D eigenvalue weighted by Crippen LogP contribution is 2.20. The number of rotatable bonds is 2. The maximum atomic E-state index is 12.4. The number of aromatic nitrogens is 4. The summed E-state index contributed by atoms with van der Waals surface area (Å²) in [7, 11) is 0. The summed E-state index contributed by atoms with van der Waals surface area (Å²) in [6.45, 7) is 2.51. The molecule has 0 N–H and O–H groups in total.